The summed E-state index contributed by atoms with van der Waals surface area (Å²) in [6, 6.07) is 12.5. The van der Waals surface area contributed by atoms with Crippen LogP contribution in [0.5, 0.6) is 5.75 Å². The molecule has 0 aliphatic heterocycles. The zero-order valence-electron chi connectivity index (χ0n) is 24.0. The number of hydrogen-bond acceptors (Lipinski definition) is 5. The molecule has 0 fully saturated rings. The van der Waals surface area contributed by atoms with Gasteiger partial charge in [-0.2, -0.15) is 0 Å². The molecule has 36 heavy (non-hydrogen) atoms. The molecule has 0 amide bonds. The van der Waals surface area contributed by atoms with Crippen molar-refractivity contribution >= 4 is 19.0 Å². The maximum absolute atomic E-state index is 13.7. The number of hydrogen-bond donors (Lipinski definition) is 1. The van der Waals surface area contributed by atoms with E-state index in [4.69, 9.17) is 9.05 Å². The normalized spacial score (nSPS) is 12.7. The lowest BCUT2D eigenvalue weighted by atomic mass is 9.79. The highest BCUT2D eigenvalue weighted by Crippen LogP contribution is 2.52. The largest absolute Gasteiger partial charge is 0.507 e. The molecule has 0 aliphatic carbocycles. The van der Waals surface area contributed by atoms with E-state index < -0.39 is 7.60 Å². The number of phenolic OH excluding ortho intramolecular Hbond substituents is 1. The third-order valence-electron chi connectivity index (χ3n) is 6.31. The topological polar surface area (TPSA) is 59.0 Å². The van der Waals surface area contributed by atoms with Crippen LogP contribution in [-0.2, 0) is 30.9 Å². The molecule has 1 N–H and O–H groups in total. The van der Waals surface area contributed by atoms with E-state index in [0.717, 1.165) is 28.9 Å². The first-order chi connectivity index (χ1) is 16.8. The maximum Gasteiger partial charge on any atom is 0.350 e. The summed E-state index contributed by atoms with van der Waals surface area (Å²) in [7, 11) is -3.40. The van der Waals surface area contributed by atoms with Crippen LogP contribution < -0.4 is 4.90 Å². The molecule has 0 saturated heterocycles. The Labute approximate surface area is 219 Å². The van der Waals surface area contributed by atoms with Gasteiger partial charge in [-0.25, -0.2) is 0 Å². The van der Waals surface area contributed by atoms with Crippen LogP contribution in [0.1, 0.15) is 98.3 Å². The van der Waals surface area contributed by atoms with E-state index >= 15 is 0 Å². The number of unbranched alkanes of at least 4 members (excludes halogenated alkanes) is 2. The van der Waals surface area contributed by atoms with Crippen LogP contribution in [0, 0.1) is 0 Å². The summed E-state index contributed by atoms with van der Waals surface area (Å²) in [5, 5.41) is 11.3. The summed E-state index contributed by atoms with van der Waals surface area (Å²) in [5.41, 5.74) is 4.22. The van der Waals surface area contributed by atoms with Crippen molar-refractivity contribution in [2.75, 3.05) is 24.4 Å². The van der Waals surface area contributed by atoms with Gasteiger partial charge in [0, 0.05) is 22.5 Å². The summed E-state index contributed by atoms with van der Waals surface area (Å²) in [6.45, 7) is 19.1. The van der Waals surface area contributed by atoms with E-state index in [2.05, 4.69) is 72.7 Å². The van der Waals surface area contributed by atoms with Gasteiger partial charge in [-0.05, 0) is 67.3 Å². The number of benzene rings is 2. The predicted molar refractivity (Wildman–Crippen MR) is 153 cm³/mol. The molecule has 0 saturated carbocycles. The average molecular weight is 518 g/mol. The van der Waals surface area contributed by atoms with Gasteiger partial charge in [0.2, 0.25) is 0 Å². The van der Waals surface area contributed by atoms with Gasteiger partial charge in [0.05, 0.1) is 13.2 Å². The molecule has 0 atom stereocenters. The quantitative estimate of drug-likeness (QED) is 0.225. The van der Waals surface area contributed by atoms with Crippen molar-refractivity contribution in [3.63, 3.8) is 0 Å². The van der Waals surface area contributed by atoms with E-state index in [9.17, 15) is 9.67 Å². The minimum absolute atomic E-state index is 0.0851. The van der Waals surface area contributed by atoms with E-state index in [1.165, 1.54) is 24.8 Å². The number of aryl methyl sites for hydroxylation is 1. The van der Waals surface area contributed by atoms with E-state index in [-0.39, 0.29) is 17.1 Å². The van der Waals surface area contributed by atoms with E-state index in [1.807, 2.05) is 30.9 Å². The second-order valence-corrected chi connectivity index (χ2v) is 13.6. The Kier molecular flexibility index (Phi) is 10.7. The van der Waals surface area contributed by atoms with Crippen molar-refractivity contribution in [2.24, 2.45) is 0 Å². The monoisotopic (exact) mass is 517 g/mol. The SMILES string of the molecule is CCCCCc1ccc(N(CP(=O)(OCC)OCC)c2cc(C(C)(C)C)c(O)c(C(C)(C)C)c2)cc1. The van der Waals surface area contributed by atoms with Gasteiger partial charge in [0.15, 0.2) is 0 Å². The predicted octanol–water partition coefficient (Wildman–Crippen LogP) is 9.08. The third-order valence-corrected chi connectivity index (χ3v) is 8.24. The third kappa shape index (κ3) is 8.10. The second kappa shape index (κ2) is 12.6. The van der Waals surface area contributed by atoms with Crippen molar-refractivity contribution in [3.8, 4) is 5.75 Å². The van der Waals surface area contributed by atoms with Gasteiger partial charge in [0.25, 0.3) is 0 Å². The molecule has 0 heterocycles. The molecular formula is C30H48NO4P. The summed E-state index contributed by atoms with van der Waals surface area (Å²) >= 11 is 0. The maximum atomic E-state index is 13.7. The molecular weight excluding hydrogens is 469 g/mol. The number of rotatable bonds is 12. The van der Waals surface area contributed by atoms with Crippen molar-refractivity contribution < 1.29 is 18.7 Å². The van der Waals surface area contributed by atoms with Gasteiger partial charge in [-0.1, -0.05) is 73.4 Å². The summed E-state index contributed by atoms with van der Waals surface area (Å²) in [4.78, 5) is 2.02. The fourth-order valence-electron chi connectivity index (χ4n) is 4.34. The second-order valence-electron chi connectivity index (χ2n) is 11.5. The zero-order valence-corrected chi connectivity index (χ0v) is 24.9. The Morgan fingerprint density at radius 3 is 1.72 bits per heavy atom. The van der Waals surface area contributed by atoms with E-state index in [0.29, 0.717) is 19.0 Å². The lowest BCUT2D eigenvalue weighted by molar-refractivity contribution is 0.220. The summed E-state index contributed by atoms with van der Waals surface area (Å²) in [5.74, 6) is 0.322. The summed E-state index contributed by atoms with van der Waals surface area (Å²) in [6.07, 6.45) is 4.72. The highest BCUT2D eigenvalue weighted by atomic mass is 31.2. The van der Waals surface area contributed by atoms with Gasteiger partial charge in [-0.3, -0.25) is 4.57 Å². The van der Waals surface area contributed by atoms with Crippen LogP contribution in [-0.4, -0.2) is 24.6 Å². The highest BCUT2D eigenvalue weighted by Gasteiger charge is 2.32. The smallest absolute Gasteiger partial charge is 0.350 e. The minimum Gasteiger partial charge on any atom is -0.507 e. The molecule has 2 rings (SSSR count). The first-order valence-electron chi connectivity index (χ1n) is 13.4. The molecule has 202 valence electrons. The first kappa shape index (κ1) is 30.4. The molecule has 0 aliphatic rings. The van der Waals surface area contributed by atoms with E-state index in [1.54, 1.807) is 0 Å². The molecule has 0 aromatic heterocycles. The first-order valence-corrected chi connectivity index (χ1v) is 15.1. The molecule has 0 radical (unpaired) electrons. The molecule has 2 aromatic rings. The van der Waals surface area contributed by atoms with Gasteiger partial charge < -0.3 is 19.1 Å². The fourth-order valence-corrected chi connectivity index (χ4v) is 6.04. The van der Waals surface area contributed by atoms with Gasteiger partial charge in [0.1, 0.15) is 12.0 Å². The molecule has 6 heteroatoms. The Morgan fingerprint density at radius 2 is 1.31 bits per heavy atom. The van der Waals surface area contributed by atoms with Crippen LogP contribution >= 0.6 is 7.60 Å². The van der Waals surface area contributed by atoms with Crippen molar-refractivity contribution in [3.05, 3.63) is 53.1 Å². The highest BCUT2D eigenvalue weighted by molar-refractivity contribution is 7.54. The van der Waals surface area contributed by atoms with Crippen LogP contribution in [0.15, 0.2) is 36.4 Å². The van der Waals surface area contributed by atoms with Crippen molar-refractivity contribution in [1.29, 1.82) is 0 Å². The van der Waals surface area contributed by atoms with Crippen molar-refractivity contribution in [1.82, 2.24) is 0 Å². The standard InChI is InChI=1S/C30H48NO4P/c1-10-13-14-15-23-16-18-24(19-17-23)31(22-36(33,34-11-2)35-12-3)25-20-26(29(4,5)6)28(32)27(21-25)30(7,8)9/h16-21,32H,10-15,22H2,1-9H3. The number of aromatic hydroxyl groups is 1. The van der Waals surface area contributed by atoms with Gasteiger partial charge >= 0.3 is 7.60 Å². The molecule has 0 spiro atoms. The van der Waals surface area contributed by atoms with Crippen LogP contribution in [0.3, 0.4) is 0 Å². The van der Waals surface area contributed by atoms with Crippen LogP contribution in [0.2, 0.25) is 0 Å². The molecule has 2 aromatic carbocycles. The van der Waals surface area contributed by atoms with Crippen LogP contribution in [0.25, 0.3) is 0 Å². The molecule has 0 unspecified atom stereocenters. The Balaban J connectivity index is 2.69. The lowest BCUT2D eigenvalue weighted by Crippen LogP contribution is -2.23. The number of phenols is 1. The minimum atomic E-state index is -3.40. The fraction of sp³-hybridized carbons (Fsp3) is 0.600. The van der Waals surface area contributed by atoms with Gasteiger partial charge in [-0.15, -0.1) is 0 Å². The molecule has 0 bridgehead atoms. The molecule has 5 nitrogen and oxygen atoms in total. The number of anilines is 2. The van der Waals surface area contributed by atoms with Crippen LogP contribution in [0.4, 0.5) is 11.4 Å². The van der Waals surface area contributed by atoms with Crippen molar-refractivity contribution in [2.45, 2.75) is 98.8 Å². The Hall–Kier alpha value is -1.81. The lowest BCUT2D eigenvalue weighted by Gasteiger charge is -2.33. The zero-order chi connectivity index (χ0) is 27.1. The Bertz CT molecular complexity index is 974. The summed E-state index contributed by atoms with van der Waals surface area (Å²) < 4.78 is 25.1. The average Bonchev–Trinajstić information content (AvgIpc) is 2.77. The Morgan fingerprint density at radius 1 is 0.806 bits per heavy atom. The number of nitrogens with zero attached hydrogens (tertiary/aromatic N) is 1.